The summed E-state index contributed by atoms with van der Waals surface area (Å²) in [7, 11) is 0. The van der Waals surface area contributed by atoms with Crippen LogP contribution in [0.2, 0.25) is 0 Å². The van der Waals surface area contributed by atoms with Crippen LogP contribution in [0.25, 0.3) is 0 Å². The van der Waals surface area contributed by atoms with Crippen molar-refractivity contribution in [2.75, 3.05) is 5.32 Å². The predicted molar refractivity (Wildman–Crippen MR) is 88.7 cm³/mol. The van der Waals surface area contributed by atoms with Crippen LogP contribution in [0.4, 0.5) is 5.69 Å². The van der Waals surface area contributed by atoms with Gasteiger partial charge < -0.3 is 15.8 Å². The van der Waals surface area contributed by atoms with E-state index >= 15 is 0 Å². The first-order valence-corrected chi connectivity index (χ1v) is 7.88. The number of hydrogen-bond donors (Lipinski definition) is 2. The SMILES string of the molecule is Cc1cc(Oc2cc3c(cc2Br)C(N)C(=O)N3)ccc1Br. The molecule has 0 fully saturated rings. The molecular weight excluding hydrogens is 400 g/mol. The number of amides is 1. The Balaban J connectivity index is 1.95. The maximum Gasteiger partial charge on any atom is 0.245 e. The standard InChI is InChI=1S/C15H12Br2N2O2/c1-7-4-8(2-3-10(7)16)21-13-6-12-9(5-11(13)17)14(18)15(20)19-12/h2-6,14H,18H2,1H3,(H,19,20). The fourth-order valence-corrected chi connectivity index (χ4v) is 2.86. The predicted octanol–water partition coefficient (Wildman–Crippen LogP) is 4.26. The summed E-state index contributed by atoms with van der Waals surface area (Å²) in [4.78, 5) is 11.6. The highest BCUT2D eigenvalue weighted by molar-refractivity contribution is 9.10. The molecule has 3 N–H and O–H groups in total. The molecule has 1 heterocycles. The van der Waals surface area contributed by atoms with E-state index in [1.165, 1.54) is 0 Å². The molecule has 1 unspecified atom stereocenters. The van der Waals surface area contributed by atoms with Gasteiger partial charge in [-0.2, -0.15) is 0 Å². The van der Waals surface area contributed by atoms with Crippen LogP contribution in [0.1, 0.15) is 17.2 Å². The van der Waals surface area contributed by atoms with Gasteiger partial charge in [0.05, 0.1) is 4.47 Å². The van der Waals surface area contributed by atoms with E-state index in [0.29, 0.717) is 11.4 Å². The summed E-state index contributed by atoms with van der Waals surface area (Å²) in [5, 5.41) is 2.75. The molecule has 2 aromatic rings. The second kappa shape index (κ2) is 5.44. The van der Waals surface area contributed by atoms with Gasteiger partial charge in [-0.15, -0.1) is 0 Å². The van der Waals surface area contributed by atoms with Crippen LogP contribution in [-0.2, 0) is 4.79 Å². The second-order valence-electron chi connectivity index (χ2n) is 4.85. The summed E-state index contributed by atoms with van der Waals surface area (Å²) in [6.45, 7) is 1.99. The molecule has 0 aromatic heterocycles. The number of fused-ring (bicyclic) bond motifs is 1. The van der Waals surface area contributed by atoms with E-state index in [1.54, 1.807) is 6.07 Å². The minimum Gasteiger partial charge on any atom is -0.456 e. The van der Waals surface area contributed by atoms with Gasteiger partial charge in [0.25, 0.3) is 0 Å². The number of carbonyl (C=O) groups excluding carboxylic acids is 1. The molecule has 1 atom stereocenters. The van der Waals surface area contributed by atoms with E-state index in [9.17, 15) is 4.79 Å². The van der Waals surface area contributed by atoms with Crippen molar-refractivity contribution in [3.63, 3.8) is 0 Å². The van der Waals surface area contributed by atoms with Crippen molar-refractivity contribution in [1.82, 2.24) is 0 Å². The molecule has 1 aliphatic heterocycles. The number of nitrogens with two attached hydrogens (primary N) is 1. The lowest BCUT2D eigenvalue weighted by Crippen LogP contribution is -2.19. The molecule has 1 amide bonds. The minimum absolute atomic E-state index is 0.200. The third-order valence-corrected chi connectivity index (χ3v) is 4.85. The molecule has 0 radical (unpaired) electrons. The average molecular weight is 412 g/mol. The smallest absolute Gasteiger partial charge is 0.245 e. The van der Waals surface area contributed by atoms with E-state index in [-0.39, 0.29) is 5.91 Å². The molecular formula is C15H12Br2N2O2. The Morgan fingerprint density at radius 2 is 1.95 bits per heavy atom. The zero-order valence-electron chi connectivity index (χ0n) is 11.1. The molecule has 0 aliphatic carbocycles. The third-order valence-electron chi connectivity index (χ3n) is 3.34. The molecule has 0 saturated heterocycles. The van der Waals surface area contributed by atoms with Crippen molar-refractivity contribution in [2.45, 2.75) is 13.0 Å². The van der Waals surface area contributed by atoms with E-state index in [4.69, 9.17) is 10.5 Å². The molecule has 6 heteroatoms. The molecule has 21 heavy (non-hydrogen) atoms. The van der Waals surface area contributed by atoms with Gasteiger partial charge in [-0.05, 0) is 52.7 Å². The lowest BCUT2D eigenvalue weighted by Gasteiger charge is -2.11. The summed E-state index contributed by atoms with van der Waals surface area (Å²) < 4.78 is 7.67. The molecule has 1 aliphatic rings. The number of carbonyl (C=O) groups is 1. The van der Waals surface area contributed by atoms with Crippen molar-refractivity contribution in [3.8, 4) is 11.5 Å². The number of rotatable bonds is 2. The molecule has 0 bridgehead atoms. The Morgan fingerprint density at radius 1 is 1.19 bits per heavy atom. The van der Waals surface area contributed by atoms with Crippen molar-refractivity contribution in [2.24, 2.45) is 5.73 Å². The summed E-state index contributed by atoms with van der Waals surface area (Å²) in [6.07, 6.45) is 0. The summed E-state index contributed by atoms with van der Waals surface area (Å²) in [5.41, 5.74) is 8.37. The van der Waals surface area contributed by atoms with Crippen LogP contribution < -0.4 is 15.8 Å². The van der Waals surface area contributed by atoms with E-state index in [1.807, 2.05) is 31.2 Å². The van der Waals surface area contributed by atoms with Gasteiger partial charge in [0.1, 0.15) is 17.5 Å². The molecule has 3 rings (SSSR count). The van der Waals surface area contributed by atoms with Crippen LogP contribution in [0.3, 0.4) is 0 Å². The first-order chi connectivity index (χ1) is 9.95. The largest absolute Gasteiger partial charge is 0.456 e. The van der Waals surface area contributed by atoms with Crippen molar-refractivity contribution in [1.29, 1.82) is 0 Å². The number of aryl methyl sites for hydroxylation is 1. The lowest BCUT2D eigenvalue weighted by atomic mass is 10.1. The number of nitrogens with one attached hydrogen (secondary N) is 1. The average Bonchev–Trinajstić information content (AvgIpc) is 2.70. The fourth-order valence-electron chi connectivity index (χ4n) is 2.17. The maximum atomic E-state index is 11.6. The number of ether oxygens (including phenoxy) is 1. The first kappa shape index (κ1) is 14.6. The van der Waals surface area contributed by atoms with Crippen LogP contribution in [0, 0.1) is 6.92 Å². The van der Waals surface area contributed by atoms with E-state index in [2.05, 4.69) is 37.2 Å². The van der Waals surface area contributed by atoms with Crippen molar-refractivity contribution >= 4 is 43.5 Å². The van der Waals surface area contributed by atoms with Crippen LogP contribution in [0.15, 0.2) is 39.3 Å². The lowest BCUT2D eigenvalue weighted by molar-refractivity contribution is -0.116. The maximum absolute atomic E-state index is 11.6. The van der Waals surface area contributed by atoms with Gasteiger partial charge in [0, 0.05) is 21.8 Å². The Hall–Kier alpha value is -1.37. The molecule has 108 valence electrons. The van der Waals surface area contributed by atoms with Crippen molar-refractivity contribution in [3.05, 3.63) is 50.4 Å². The fraction of sp³-hybridized carbons (Fsp3) is 0.133. The van der Waals surface area contributed by atoms with E-state index in [0.717, 1.165) is 25.8 Å². The molecule has 4 nitrogen and oxygen atoms in total. The highest BCUT2D eigenvalue weighted by Gasteiger charge is 2.28. The van der Waals surface area contributed by atoms with Crippen LogP contribution in [0.5, 0.6) is 11.5 Å². The minimum atomic E-state index is -0.625. The van der Waals surface area contributed by atoms with E-state index < -0.39 is 6.04 Å². The first-order valence-electron chi connectivity index (χ1n) is 6.29. The Bertz CT molecular complexity index is 747. The number of hydrogen-bond acceptors (Lipinski definition) is 3. The number of anilines is 1. The Labute approximate surface area is 138 Å². The van der Waals surface area contributed by atoms with Crippen LogP contribution in [-0.4, -0.2) is 5.91 Å². The monoisotopic (exact) mass is 410 g/mol. The van der Waals surface area contributed by atoms with Gasteiger partial charge in [0.2, 0.25) is 5.91 Å². The summed E-state index contributed by atoms with van der Waals surface area (Å²) >= 11 is 6.92. The Morgan fingerprint density at radius 3 is 2.67 bits per heavy atom. The highest BCUT2D eigenvalue weighted by Crippen LogP contribution is 2.39. The zero-order chi connectivity index (χ0) is 15.1. The highest BCUT2D eigenvalue weighted by atomic mass is 79.9. The Kier molecular flexibility index (Phi) is 3.77. The van der Waals surface area contributed by atoms with Gasteiger partial charge in [-0.25, -0.2) is 0 Å². The second-order valence-corrected chi connectivity index (χ2v) is 6.56. The normalized spacial score (nSPS) is 16.6. The van der Waals surface area contributed by atoms with Gasteiger partial charge >= 0.3 is 0 Å². The molecule has 2 aromatic carbocycles. The summed E-state index contributed by atoms with van der Waals surface area (Å²) in [6, 6.07) is 8.72. The van der Waals surface area contributed by atoms with Gasteiger partial charge in [-0.3, -0.25) is 4.79 Å². The van der Waals surface area contributed by atoms with Gasteiger partial charge in [-0.1, -0.05) is 15.9 Å². The molecule has 0 saturated carbocycles. The topological polar surface area (TPSA) is 64.3 Å². The summed E-state index contributed by atoms with van der Waals surface area (Å²) in [5.74, 6) is 1.16. The van der Waals surface area contributed by atoms with Crippen LogP contribution >= 0.6 is 31.9 Å². The number of benzene rings is 2. The van der Waals surface area contributed by atoms with Gasteiger partial charge in [0.15, 0.2) is 0 Å². The third kappa shape index (κ3) is 2.71. The number of halogens is 2. The quantitative estimate of drug-likeness (QED) is 0.775. The zero-order valence-corrected chi connectivity index (χ0v) is 14.3. The van der Waals surface area contributed by atoms with Crippen molar-refractivity contribution < 1.29 is 9.53 Å². The molecule has 0 spiro atoms.